The van der Waals surface area contributed by atoms with E-state index in [9.17, 15) is 0 Å². The van der Waals surface area contributed by atoms with Gasteiger partial charge in [-0.25, -0.2) is 0 Å². The molecule has 0 aliphatic heterocycles. The van der Waals surface area contributed by atoms with Crippen LogP contribution in [0.4, 0.5) is 0 Å². The van der Waals surface area contributed by atoms with Gasteiger partial charge in [0.25, 0.3) is 0 Å². The summed E-state index contributed by atoms with van der Waals surface area (Å²) in [4.78, 5) is 4.29. The van der Waals surface area contributed by atoms with Crippen molar-refractivity contribution in [2.45, 2.75) is 13.3 Å². The number of aryl methyl sites for hydroxylation is 1. The second-order valence-corrected chi connectivity index (χ2v) is 6.73. The molecule has 3 aromatic rings. The van der Waals surface area contributed by atoms with Gasteiger partial charge in [-0.1, -0.05) is 30.3 Å². The maximum Gasteiger partial charge on any atom is 0.0164 e. The Bertz CT molecular complexity index is 632. The van der Waals surface area contributed by atoms with Crippen molar-refractivity contribution < 1.29 is 0 Å². The average Bonchev–Trinajstić information content (AvgIpc) is 3.01. The van der Waals surface area contributed by atoms with E-state index >= 15 is 0 Å². The summed E-state index contributed by atoms with van der Waals surface area (Å²) in [5.74, 6) is 0. The second kappa shape index (κ2) is 5.09. The Kier molecular flexibility index (Phi) is 3.31. The highest BCUT2D eigenvalue weighted by molar-refractivity contribution is 7.12. The van der Waals surface area contributed by atoms with E-state index in [1.165, 1.54) is 25.8 Å². The maximum atomic E-state index is 2.31. The van der Waals surface area contributed by atoms with Crippen molar-refractivity contribution in [2.24, 2.45) is 0 Å². The van der Waals surface area contributed by atoms with Gasteiger partial charge in [0.1, 0.15) is 0 Å². The SMILES string of the molecule is Cc1ccc(Cc2cc(-c3ccccc3)cs2)s1. The minimum Gasteiger partial charge on any atom is -0.148 e. The standard InChI is InChI=1S/C16H14S2/c1-12-7-8-15(18-12)10-16-9-14(11-17-16)13-5-3-2-4-6-13/h2-9,11H,10H2,1H3. The fraction of sp³-hybridized carbons (Fsp3) is 0.125. The van der Waals surface area contributed by atoms with Crippen LogP contribution in [-0.4, -0.2) is 0 Å². The monoisotopic (exact) mass is 270 g/mol. The van der Waals surface area contributed by atoms with Gasteiger partial charge in [0.05, 0.1) is 0 Å². The normalized spacial score (nSPS) is 10.7. The highest BCUT2D eigenvalue weighted by Crippen LogP contribution is 2.28. The van der Waals surface area contributed by atoms with Crippen molar-refractivity contribution in [3.63, 3.8) is 0 Å². The smallest absolute Gasteiger partial charge is 0.0164 e. The lowest BCUT2D eigenvalue weighted by molar-refractivity contribution is 1.31. The van der Waals surface area contributed by atoms with Crippen molar-refractivity contribution in [1.82, 2.24) is 0 Å². The Balaban J connectivity index is 1.82. The highest BCUT2D eigenvalue weighted by atomic mass is 32.1. The van der Waals surface area contributed by atoms with Crippen LogP contribution in [0.25, 0.3) is 11.1 Å². The van der Waals surface area contributed by atoms with Crippen LogP contribution < -0.4 is 0 Å². The van der Waals surface area contributed by atoms with Crippen molar-refractivity contribution in [3.8, 4) is 11.1 Å². The molecular weight excluding hydrogens is 256 g/mol. The zero-order chi connectivity index (χ0) is 12.4. The van der Waals surface area contributed by atoms with E-state index in [1.54, 1.807) is 0 Å². The Morgan fingerprint density at radius 3 is 2.44 bits per heavy atom. The Labute approximate surface area is 116 Å². The van der Waals surface area contributed by atoms with E-state index < -0.39 is 0 Å². The molecule has 0 amide bonds. The van der Waals surface area contributed by atoms with Gasteiger partial charge in [0.2, 0.25) is 0 Å². The fourth-order valence-electron chi connectivity index (χ4n) is 2.01. The Morgan fingerprint density at radius 1 is 0.889 bits per heavy atom. The molecule has 90 valence electrons. The molecule has 0 N–H and O–H groups in total. The molecule has 0 spiro atoms. The molecule has 0 bridgehead atoms. The minimum absolute atomic E-state index is 1.07. The van der Waals surface area contributed by atoms with E-state index in [1.807, 2.05) is 22.7 Å². The molecule has 2 aromatic heterocycles. The van der Waals surface area contributed by atoms with Gasteiger partial charge >= 0.3 is 0 Å². The average molecular weight is 270 g/mol. The van der Waals surface area contributed by atoms with Crippen LogP contribution in [0.3, 0.4) is 0 Å². The van der Waals surface area contributed by atoms with Crippen LogP contribution >= 0.6 is 22.7 Å². The van der Waals surface area contributed by atoms with Crippen molar-refractivity contribution in [3.05, 3.63) is 68.5 Å². The van der Waals surface area contributed by atoms with Gasteiger partial charge < -0.3 is 0 Å². The Hall–Kier alpha value is -1.38. The van der Waals surface area contributed by atoms with E-state index in [0.717, 1.165) is 6.42 Å². The largest absolute Gasteiger partial charge is 0.148 e. The molecule has 1 aromatic carbocycles. The molecule has 3 rings (SSSR count). The van der Waals surface area contributed by atoms with Crippen molar-refractivity contribution in [2.75, 3.05) is 0 Å². The molecule has 0 saturated carbocycles. The van der Waals surface area contributed by atoms with Crippen LogP contribution in [0.5, 0.6) is 0 Å². The molecule has 0 nitrogen and oxygen atoms in total. The molecule has 0 atom stereocenters. The second-order valence-electron chi connectivity index (χ2n) is 4.36. The lowest BCUT2D eigenvalue weighted by atomic mass is 10.1. The topological polar surface area (TPSA) is 0 Å². The van der Waals surface area contributed by atoms with Crippen LogP contribution in [0, 0.1) is 6.92 Å². The molecular formula is C16H14S2. The summed E-state index contributed by atoms with van der Waals surface area (Å²) in [5.41, 5.74) is 2.64. The predicted octanol–water partition coefficient (Wildman–Crippen LogP) is 5.38. The van der Waals surface area contributed by atoms with E-state index in [0.29, 0.717) is 0 Å². The zero-order valence-electron chi connectivity index (χ0n) is 10.2. The van der Waals surface area contributed by atoms with Gasteiger partial charge in [0, 0.05) is 21.1 Å². The summed E-state index contributed by atoms with van der Waals surface area (Å²) in [7, 11) is 0. The van der Waals surface area contributed by atoms with Crippen molar-refractivity contribution >= 4 is 22.7 Å². The number of benzene rings is 1. The molecule has 0 saturated heterocycles. The summed E-state index contributed by atoms with van der Waals surface area (Å²) in [6, 6.07) is 17.3. The molecule has 0 aliphatic carbocycles. The van der Waals surface area contributed by atoms with Gasteiger partial charge in [-0.05, 0) is 41.6 Å². The lowest BCUT2D eigenvalue weighted by Gasteiger charge is -1.95. The number of thiophene rings is 2. The number of rotatable bonds is 3. The fourth-order valence-corrected chi connectivity index (χ4v) is 3.93. The zero-order valence-corrected chi connectivity index (χ0v) is 11.9. The highest BCUT2D eigenvalue weighted by Gasteiger charge is 2.04. The van der Waals surface area contributed by atoms with Crippen LogP contribution in [-0.2, 0) is 6.42 Å². The molecule has 2 heterocycles. The molecule has 18 heavy (non-hydrogen) atoms. The predicted molar refractivity (Wildman–Crippen MR) is 81.6 cm³/mol. The maximum absolute atomic E-state index is 2.31. The first-order valence-electron chi connectivity index (χ1n) is 5.99. The number of hydrogen-bond donors (Lipinski definition) is 0. The molecule has 0 radical (unpaired) electrons. The first-order chi connectivity index (χ1) is 8.81. The third-order valence-corrected chi connectivity index (χ3v) is 4.84. The van der Waals surface area contributed by atoms with Gasteiger partial charge in [0.15, 0.2) is 0 Å². The molecule has 0 unspecified atom stereocenters. The summed E-state index contributed by atoms with van der Waals surface area (Å²) in [6.07, 6.45) is 1.07. The first-order valence-corrected chi connectivity index (χ1v) is 7.69. The van der Waals surface area contributed by atoms with E-state index in [-0.39, 0.29) is 0 Å². The summed E-state index contributed by atoms with van der Waals surface area (Å²) >= 11 is 3.75. The lowest BCUT2D eigenvalue weighted by Crippen LogP contribution is -1.77. The molecule has 0 aliphatic rings. The van der Waals surface area contributed by atoms with Crippen molar-refractivity contribution in [1.29, 1.82) is 0 Å². The van der Waals surface area contributed by atoms with Gasteiger partial charge in [-0.15, -0.1) is 22.7 Å². The van der Waals surface area contributed by atoms with E-state index in [2.05, 4.69) is 60.8 Å². The summed E-state index contributed by atoms with van der Waals surface area (Å²) in [6.45, 7) is 2.16. The third kappa shape index (κ3) is 2.55. The van der Waals surface area contributed by atoms with E-state index in [4.69, 9.17) is 0 Å². The number of hydrogen-bond acceptors (Lipinski definition) is 2. The third-order valence-electron chi connectivity index (χ3n) is 2.91. The molecule has 0 fully saturated rings. The quantitative estimate of drug-likeness (QED) is 0.599. The molecule has 2 heteroatoms. The van der Waals surface area contributed by atoms with Gasteiger partial charge in [-0.2, -0.15) is 0 Å². The Morgan fingerprint density at radius 2 is 1.72 bits per heavy atom. The van der Waals surface area contributed by atoms with Crippen LogP contribution in [0.2, 0.25) is 0 Å². The summed E-state index contributed by atoms with van der Waals surface area (Å²) in [5, 5.41) is 2.26. The van der Waals surface area contributed by atoms with Gasteiger partial charge in [-0.3, -0.25) is 0 Å². The van der Waals surface area contributed by atoms with Crippen LogP contribution in [0.1, 0.15) is 14.6 Å². The summed E-state index contributed by atoms with van der Waals surface area (Å²) < 4.78 is 0. The first kappa shape index (κ1) is 11.7. The van der Waals surface area contributed by atoms with Crippen LogP contribution in [0.15, 0.2) is 53.9 Å². The minimum atomic E-state index is 1.07.